The van der Waals surface area contributed by atoms with Crippen molar-refractivity contribution in [3.8, 4) is 0 Å². The monoisotopic (exact) mass is 496 g/mol. The zero-order valence-electron chi connectivity index (χ0n) is 23.9. The van der Waals surface area contributed by atoms with Crippen molar-refractivity contribution in [3.63, 3.8) is 0 Å². The minimum atomic E-state index is -0.531. The van der Waals surface area contributed by atoms with Gasteiger partial charge in [0.15, 0.2) is 0 Å². The first-order chi connectivity index (χ1) is 17.1. The zero-order chi connectivity index (χ0) is 26.5. The number of ether oxygens (including phenoxy) is 2. The van der Waals surface area contributed by atoms with Gasteiger partial charge in [-0.2, -0.15) is 0 Å². The molecule has 200 valence electrons. The molecule has 36 heavy (non-hydrogen) atoms. The third-order valence-corrected chi connectivity index (χ3v) is 7.69. The minimum Gasteiger partial charge on any atom is -0.444 e. The number of nitrogens with one attached hydrogen (secondary N) is 1. The van der Waals surface area contributed by atoms with E-state index in [1.54, 1.807) is 7.11 Å². The predicted octanol–water partition coefficient (Wildman–Crippen LogP) is 8.19. The Hall–Kier alpha value is -2.27. The Balaban J connectivity index is 2.06. The van der Waals surface area contributed by atoms with E-state index in [0.717, 1.165) is 37.3 Å². The molecule has 2 aliphatic rings. The summed E-state index contributed by atoms with van der Waals surface area (Å²) in [7, 11) is 1.79. The van der Waals surface area contributed by atoms with Gasteiger partial charge in [-0.1, -0.05) is 44.9 Å². The molecule has 1 aliphatic carbocycles. The van der Waals surface area contributed by atoms with Crippen LogP contribution in [0.4, 0.5) is 10.5 Å². The van der Waals surface area contributed by atoms with Crippen molar-refractivity contribution in [2.75, 3.05) is 19.0 Å². The lowest BCUT2D eigenvalue weighted by molar-refractivity contribution is 0.0171. The highest BCUT2D eigenvalue weighted by molar-refractivity contribution is 5.71. The molecule has 1 aliphatic heterocycles. The Morgan fingerprint density at radius 3 is 2.28 bits per heavy atom. The molecule has 2 atom stereocenters. The molecule has 3 rings (SSSR count). The molecule has 1 aromatic rings. The fourth-order valence-corrected chi connectivity index (χ4v) is 5.43. The van der Waals surface area contributed by atoms with E-state index in [1.165, 1.54) is 47.2 Å². The van der Waals surface area contributed by atoms with Gasteiger partial charge >= 0.3 is 6.09 Å². The van der Waals surface area contributed by atoms with Crippen LogP contribution in [-0.4, -0.2) is 42.4 Å². The predicted molar refractivity (Wildman–Crippen MR) is 149 cm³/mol. The SMILES string of the molecule is CCC(C)=C(C1=C(Nc2ccc(C3CCC3)cc2)CCN(C(=O)OC(C)(C)C)C1CC)C(CC)OC. The molecule has 1 saturated carbocycles. The number of nitrogens with zero attached hydrogens (tertiary/aromatic N) is 1. The minimum absolute atomic E-state index is 0.0228. The molecule has 1 amide bonds. The van der Waals surface area contributed by atoms with E-state index in [1.807, 2.05) is 25.7 Å². The third-order valence-electron chi connectivity index (χ3n) is 7.69. The van der Waals surface area contributed by atoms with Crippen LogP contribution in [0.25, 0.3) is 0 Å². The summed E-state index contributed by atoms with van der Waals surface area (Å²) in [5.74, 6) is 0.726. The number of benzene rings is 1. The molecule has 5 heteroatoms. The van der Waals surface area contributed by atoms with Gasteiger partial charge in [0.05, 0.1) is 12.1 Å². The summed E-state index contributed by atoms with van der Waals surface area (Å²) in [4.78, 5) is 15.2. The van der Waals surface area contributed by atoms with Gasteiger partial charge in [0.1, 0.15) is 5.60 Å². The van der Waals surface area contributed by atoms with Crippen molar-refractivity contribution >= 4 is 11.8 Å². The smallest absolute Gasteiger partial charge is 0.410 e. The second-order valence-corrected chi connectivity index (χ2v) is 11.3. The van der Waals surface area contributed by atoms with E-state index in [0.29, 0.717) is 6.54 Å². The van der Waals surface area contributed by atoms with Crippen molar-refractivity contribution in [2.45, 2.75) is 117 Å². The summed E-state index contributed by atoms with van der Waals surface area (Å²) in [6.45, 7) is 15.1. The van der Waals surface area contributed by atoms with Crippen LogP contribution in [0.2, 0.25) is 0 Å². The Kier molecular flexibility index (Phi) is 9.68. The van der Waals surface area contributed by atoms with Gasteiger partial charge in [-0.3, -0.25) is 0 Å². The van der Waals surface area contributed by atoms with E-state index >= 15 is 0 Å². The van der Waals surface area contributed by atoms with Crippen LogP contribution >= 0.6 is 0 Å². The number of anilines is 1. The highest BCUT2D eigenvalue weighted by atomic mass is 16.6. The largest absolute Gasteiger partial charge is 0.444 e. The van der Waals surface area contributed by atoms with E-state index < -0.39 is 5.60 Å². The van der Waals surface area contributed by atoms with E-state index in [-0.39, 0.29) is 18.2 Å². The fourth-order valence-electron chi connectivity index (χ4n) is 5.43. The fraction of sp³-hybridized carbons (Fsp3) is 0.645. The summed E-state index contributed by atoms with van der Waals surface area (Å²) >= 11 is 0. The molecule has 1 fully saturated rings. The number of allylic oxidation sites excluding steroid dienone is 1. The first-order valence-electron chi connectivity index (χ1n) is 14.0. The summed E-state index contributed by atoms with van der Waals surface area (Å²) < 4.78 is 11.9. The van der Waals surface area contributed by atoms with E-state index in [9.17, 15) is 4.79 Å². The number of hydrogen-bond donors (Lipinski definition) is 1. The van der Waals surface area contributed by atoms with Crippen LogP contribution in [-0.2, 0) is 9.47 Å². The highest BCUT2D eigenvalue weighted by Crippen LogP contribution is 2.39. The van der Waals surface area contributed by atoms with Crippen molar-refractivity contribution < 1.29 is 14.3 Å². The second-order valence-electron chi connectivity index (χ2n) is 11.3. The first-order valence-corrected chi connectivity index (χ1v) is 14.0. The van der Waals surface area contributed by atoms with Gasteiger partial charge in [0, 0.05) is 31.5 Å². The maximum Gasteiger partial charge on any atom is 0.410 e. The van der Waals surface area contributed by atoms with E-state index in [2.05, 4.69) is 57.3 Å². The summed E-state index contributed by atoms with van der Waals surface area (Å²) in [6, 6.07) is 8.90. The van der Waals surface area contributed by atoms with Gasteiger partial charge in [0.25, 0.3) is 0 Å². The first kappa shape index (κ1) is 28.3. The van der Waals surface area contributed by atoms with Crippen molar-refractivity contribution in [2.24, 2.45) is 0 Å². The normalized spacial score (nSPS) is 20.6. The third kappa shape index (κ3) is 6.53. The Morgan fingerprint density at radius 2 is 1.81 bits per heavy atom. The number of amides is 1. The van der Waals surface area contributed by atoms with Crippen molar-refractivity contribution in [1.29, 1.82) is 0 Å². The van der Waals surface area contributed by atoms with Crippen LogP contribution < -0.4 is 5.32 Å². The summed E-state index contributed by atoms with van der Waals surface area (Å²) in [5.41, 5.74) is 6.95. The molecule has 2 unspecified atom stereocenters. The lowest BCUT2D eigenvalue weighted by Crippen LogP contribution is -2.48. The molecular weight excluding hydrogens is 448 g/mol. The van der Waals surface area contributed by atoms with Gasteiger partial charge in [-0.05, 0) is 94.6 Å². The number of hydrogen-bond acceptors (Lipinski definition) is 4. The molecule has 0 bridgehead atoms. The van der Waals surface area contributed by atoms with Crippen LogP contribution in [0.5, 0.6) is 0 Å². The summed E-state index contributed by atoms with van der Waals surface area (Å²) in [5, 5.41) is 3.78. The molecule has 0 spiro atoms. The van der Waals surface area contributed by atoms with Crippen LogP contribution in [0.15, 0.2) is 46.7 Å². The standard InChI is InChI=1S/C31H48N2O3/c1-9-21(4)28(27(11-3)35-8)29-25(32-24-17-15-23(16-18-24)22-13-12-14-22)19-20-33(26(29)10-2)30(34)36-31(5,6)7/h15-18,22,26-27,32H,9-14,19-20H2,1-8H3. The number of carbonyl (C=O) groups excluding carboxylic acids is 1. The Bertz CT molecular complexity index is 947. The van der Waals surface area contributed by atoms with Crippen molar-refractivity contribution in [3.05, 3.63) is 52.2 Å². The van der Waals surface area contributed by atoms with Crippen molar-refractivity contribution in [1.82, 2.24) is 4.90 Å². The molecule has 1 N–H and O–H groups in total. The average molecular weight is 497 g/mol. The van der Waals surface area contributed by atoms with Gasteiger partial charge in [-0.25, -0.2) is 4.79 Å². The summed E-state index contributed by atoms with van der Waals surface area (Å²) in [6.07, 6.45) is 7.06. The zero-order valence-corrected chi connectivity index (χ0v) is 23.9. The maximum absolute atomic E-state index is 13.3. The van der Waals surface area contributed by atoms with Gasteiger partial charge in [0.2, 0.25) is 0 Å². The molecular formula is C31H48N2O3. The number of methoxy groups -OCH3 is 1. The second kappa shape index (κ2) is 12.3. The molecule has 5 nitrogen and oxygen atoms in total. The highest BCUT2D eigenvalue weighted by Gasteiger charge is 2.38. The quantitative estimate of drug-likeness (QED) is 0.374. The molecule has 0 saturated heterocycles. The Morgan fingerprint density at radius 1 is 1.14 bits per heavy atom. The Labute approximate surface area is 219 Å². The molecule has 1 aromatic carbocycles. The lowest BCUT2D eigenvalue weighted by Gasteiger charge is -2.41. The topological polar surface area (TPSA) is 50.8 Å². The van der Waals surface area contributed by atoms with Gasteiger partial charge < -0.3 is 19.7 Å². The van der Waals surface area contributed by atoms with Crippen LogP contribution in [0.1, 0.15) is 105 Å². The van der Waals surface area contributed by atoms with Crippen LogP contribution in [0, 0.1) is 0 Å². The molecule has 1 heterocycles. The average Bonchev–Trinajstić information content (AvgIpc) is 2.81. The molecule has 0 radical (unpaired) electrons. The lowest BCUT2D eigenvalue weighted by atomic mass is 9.80. The maximum atomic E-state index is 13.3. The number of rotatable bonds is 9. The van der Waals surface area contributed by atoms with Crippen LogP contribution in [0.3, 0.4) is 0 Å². The van der Waals surface area contributed by atoms with Gasteiger partial charge in [-0.15, -0.1) is 0 Å². The molecule has 0 aromatic heterocycles. The van der Waals surface area contributed by atoms with E-state index in [4.69, 9.17) is 9.47 Å². The number of carbonyl (C=O) groups is 1.